The molecule has 1 aromatic heterocycles. The molecule has 0 amide bonds. The van der Waals surface area contributed by atoms with E-state index in [9.17, 15) is 0 Å². The van der Waals surface area contributed by atoms with Gasteiger partial charge in [0.05, 0.1) is 0 Å². The van der Waals surface area contributed by atoms with Gasteiger partial charge in [0.2, 0.25) is 0 Å². The number of anilines is 2. The monoisotopic (exact) mass is 281 g/mol. The van der Waals surface area contributed by atoms with E-state index in [0.29, 0.717) is 6.04 Å². The molecular formula is C18H23N3. The minimum atomic E-state index is 0.579. The molecule has 3 rings (SSSR count). The number of piperidine rings is 1. The number of hydrogen-bond donors (Lipinski definition) is 1. The number of nitrogens with one attached hydrogen (secondary N) is 1. The average molecular weight is 281 g/mol. The van der Waals surface area contributed by atoms with E-state index in [-0.39, 0.29) is 0 Å². The minimum absolute atomic E-state index is 0.579. The van der Waals surface area contributed by atoms with Gasteiger partial charge in [0.15, 0.2) is 0 Å². The first-order chi connectivity index (χ1) is 10.3. The van der Waals surface area contributed by atoms with Gasteiger partial charge in [0.1, 0.15) is 0 Å². The summed E-state index contributed by atoms with van der Waals surface area (Å²) < 4.78 is 0. The molecule has 0 bridgehead atoms. The third-order valence-electron chi connectivity index (χ3n) is 4.26. The van der Waals surface area contributed by atoms with E-state index in [1.54, 1.807) is 0 Å². The molecule has 1 aromatic carbocycles. The van der Waals surface area contributed by atoms with Crippen LogP contribution >= 0.6 is 0 Å². The van der Waals surface area contributed by atoms with Gasteiger partial charge in [-0.1, -0.05) is 19.1 Å². The van der Waals surface area contributed by atoms with Crippen molar-refractivity contribution in [3.63, 3.8) is 0 Å². The fraction of sp³-hybridized carbons (Fsp3) is 0.389. The van der Waals surface area contributed by atoms with Crippen molar-refractivity contribution in [1.29, 1.82) is 0 Å². The fourth-order valence-corrected chi connectivity index (χ4v) is 2.91. The van der Waals surface area contributed by atoms with Gasteiger partial charge < -0.3 is 10.2 Å². The molecule has 1 N–H and O–H groups in total. The standard InChI is InChI=1S/C18H23N3/c1-2-15-3-5-16(6-4-15)20-17-9-13-21(14-10-17)18-7-11-19-12-8-18/h3-8,11-12,17,20H,2,9-10,13-14H2,1H3. The Balaban J connectivity index is 1.53. The van der Waals surface area contributed by atoms with Gasteiger partial charge in [-0.2, -0.15) is 0 Å². The number of rotatable bonds is 4. The molecule has 3 heteroatoms. The fourth-order valence-electron chi connectivity index (χ4n) is 2.91. The Hall–Kier alpha value is -2.03. The van der Waals surface area contributed by atoms with Crippen molar-refractivity contribution in [2.45, 2.75) is 32.2 Å². The molecule has 2 aromatic rings. The predicted molar refractivity (Wildman–Crippen MR) is 88.9 cm³/mol. The van der Waals surface area contributed by atoms with Gasteiger partial charge >= 0.3 is 0 Å². The highest BCUT2D eigenvalue weighted by atomic mass is 15.1. The SMILES string of the molecule is CCc1ccc(NC2CCN(c3ccncc3)CC2)cc1. The van der Waals surface area contributed by atoms with Gasteiger partial charge in [-0.05, 0) is 49.1 Å². The average Bonchev–Trinajstić information content (AvgIpc) is 2.57. The smallest absolute Gasteiger partial charge is 0.0397 e. The van der Waals surface area contributed by atoms with Gasteiger partial charge in [-0.25, -0.2) is 0 Å². The molecule has 0 saturated carbocycles. The number of nitrogens with zero attached hydrogens (tertiary/aromatic N) is 2. The topological polar surface area (TPSA) is 28.2 Å². The summed E-state index contributed by atoms with van der Waals surface area (Å²) in [7, 11) is 0. The van der Waals surface area contributed by atoms with Crippen molar-refractivity contribution in [1.82, 2.24) is 4.98 Å². The lowest BCUT2D eigenvalue weighted by Crippen LogP contribution is -2.39. The first-order valence-electron chi connectivity index (χ1n) is 7.85. The molecule has 1 fully saturated rings. The van der Waals surface area contributed by atoms with E-state index in [1.807, 2.05) is 12.4 Å². The molecule has 21 heavy (non-hydrogen) atoms. The highest BCUT2D eigenvalue weighted by molar-refractivity contribution is 5.47. The number of hydrogen-bond acceptors (Lipinski definition) is 3. The molecule has 0 radical (unpaired) electrons. The van der Waals surface area contributed by atoms with E-state index >= 15 is 0 Å². The van der Waals surface area contributed by atoms with Crippen LogP contribution in [0.3, 0.4) is 0 Å². The molecule has 0 aliphatic carbocycles. The lowest BCUT2D eigenvalue weighted by Gasteiger charge is -2.34. The summed E-state index contributed by atoms with van der Waals surface area (Å²) in [6.07, 6.45) is 7.20. The summed E-state index contributed by atoms with van der Waals surface area (Å²) in [6.45, 7) is 4.40. The number of aryl methyl sites for hydroxylation is 1. The summed E-state index contributed by atoms with van der Waals surface area (Å²) in [5, 5.41) is 3.67. The summed E-state index contributed by atoms with van der Waals surface area (Å²) >= 11 is 0. The normalized spacial score (nSPS) is 16.0. The highest BCUT2D eigenvalue weighted by Gasteiger charge is 2.19. The van der Waals surface area contributed by atoms with Crippen molar-refractivity contribution in [2.75, 3.05) is 23.3 Å². The third-order valence-corrected chi connectivity index (χ3v) is 4.26. The Bertz CT molecular complexity index is 542. The van der Waals surface area contributed by atoms with E-state index < -0.39 is 0 Å². The van der Waals surface area contributed by atoms with Crippen molar-refractivity contribution in [3.8, 4) is 0 Å². The Morgan fingerprint density at radius 3 is 2.33 bits per heavy atom. The van der Waals surface area contributed by atoms with Crippen molar-refractivity contribution in [3.05, 3.63) is 54.4 Å². The van der Waals surface area contributed by atoms with Gasteiger partial charge in [0, 0.05) is 42.9 Å². The molecule has 1 aliphatic rings. The molecule has 1 aliphatic heterocycles. The number of aromatic nitrogens is 1. The lowest BCUT2D eigenvalue weighted by molar-refractivity contribution is 0.526. The zero-order valence-electron chi connectivity index (χ0n) is 12.6. The molecular weight excluding hydrogens is 258 g/mol. The molecule has 3 nitrogen and oxygen atoms in total. The van der Waals surface area contributed by atoms with Crippen molar-refractivity contribution >= 4 is 11.4 Å². The molecule has 2 heterocycles. The van der Waals surface area contributed by atoms with Gasteiger partial charge in [-0.15, -0.1) is 0 Å². The summed E-state index contributed by atoms with van der Waals surface area (Å²) in [4.78, 5) is 6.53. The van der Waals surface area contributed by atoms with E-state index in [0.717, 1.165) is 19.5 Å². The van der Waals surface area contributed by atoms with Crippen LogP contribution in [0, 0.1) is 0 Å². The third kappa shape index (κ3) is 3.54. The molecule has 110 valence electrons. The maximum atomic E-state index is 4.09. The van der Waals surface area contributed by atoms with Crippen molar-refractivity contribution in [2.24, 2.45) is 0 Å². The summed E-state index contributed by atoms with van der Waals surface area (Å²) in [6, 6.07) is 13.6. The summed E-state index contributed by atoms with van der Waals surface area (Å²) in [5.41, 5.74) is 3.93. The van der Waals surface area contributed by atoms with E-state index in [2.05, 4.69) is 58.5 Å². The van der Waals surface area contributed by atoms with Crippen LogP contribution in [0.25, 0.3) is 0 Å². The van der Waals surface area contributed by atoms with Crippen LogP contribution in [0.4, 0.5) is 11.4 Å². The number of benzene rings is 1. The Labute approximate surface area is 127 Å². The molecule has 0 atom stereocenters. The van der Waals surface area contributed by atoms with Crippen molar-refractivity contribution < 1.29 is 0 Å². The predicted octanol–water partition coefficient (Wildman–Crippen LogP) is 3.72. The quantitative estimate of drug-likeness (QED) is 0.925. The van der Waals surface area contributed by atoms with Crippen LogP contribution in [0.5, 0.6) is 0 Å². The van der Waals surface area contributed by atoms with Gasteiger partial charge in [0.25, 0.3) is 0 Å². The first-order valence-corrected chi connectivity index (χ1v) is 7.85. The second-order valence-electron chi connectivity index (χ2n) is 5.66. The largest absolute Gasteiger partial charge is 0.382 e. The molecule has 1 saturated heterocycles. The minimum Gasteiger partial charge on any atom is -0.382 e. The second-order valence-corrected chi connectivity index (χ2v) is 5.66. The van der Waals surface area contributed by atoms with Crippen LogP contribution in [0.15, 0.2) is 48.8 Å². The molecule has 0 unspecified atom stereocenters. The highest BCUT2D eigenvalue weighted by Crippen LogP contribution is 2.21. The van der Waals surface area contributed by atoms with Crippen LogP contribution in [0.2, 0.25) is 0 Å². The Morgan fingerprint density at radius 1 is 1.05 bits per heavy atom. The Kier molecular flexibility index (Phi) is 4.39. The zero-order valence-corrected chi connectivity index (χ0v) is 12.6. The van der Waals surface area contributed by atoms with E-state index in [1.165, 1.54) is 29.8 Å². The van der Waals surface area contributed by atoms with Crippen LogP contribution in [-0.4, -0.2) is 24.1 Å². The maximum Gasteiger partial charge on any atom is 0.0397 e. The van der Waals surface area contributed by atoms with Crippen LogP contribution < -0.4 is 10.2 Å². The molecule has 0 spiro atoms. The first kappa shape index (κ1) is 13.9. The number of pyridine rings is 1. The van der Waals surface area contributed by atoms with Crippen LogP contribution in [-0.2, 0) is 6.42 Å². The zero-order chi connectivity index (χ0) is 14.5. The second kappa shape index (κ2) is 6.61. The van der Waals surface area contributed by atoms with Gasteiger partial charge in [-0.3, -0.25) is 4.98 Å². The lowest BCUT2D eigenvalue weighted by atomic mass is 10.0. The Morgan fingerprint density at radius 2 is 1.71 bits per heavy atom. The van der Waals surface area contributed by atoms with E-state index in [4.69, 9.17) is 0 Å². The summed E-state index contributed by atoms with van der Waals surface area (Å²) in [5.74, 6) is 0. The maximum absolute atomic E-state index is 4.09. The van der Waals surface area contributed by atoms with Crippen LogP contribution in [0.1, 0.15) is 25.3 Å².